The average molecular weight is 361 g/mol. The van der Waals surface area contributed by atoms with Gasteiger partial charge in [-0.1, -0.05) is 12.1 Å². The van der Waals surface area contributed by atoms with E-state index in [1.165, 1.54) is 23.1 Å². The molecule has 2 aromatic carbocycles. The van der Waals surface area contributed by atoms with Crippen LogP contribution in [-0.2, 0) is 16.4 Å². The number of non-ortho nitro benzene ring substituents is 1. The molecule has 1 amide bonds. The molecule has 8 nitrogen and oxygen atoms in total. The van der Waals surface area contributed by atoms with Crippen LogP contribution in [0.4, 0.5) is 17.1 Å². The lowest BCUT2D eigenvalue weighted by atomic mass is 10.1. The number of sulfonamides is 1. The molecule has 1 heterocycles. The minimum Gasteiger partial charge on any atom is -0.307 e. The standard InChI is InChI=1S/C16H15N3O5S/c1-25(23,24)17-13-4-2-3-12(9-13)16(20)18-8-7-11-5-6-14(19(21)22)10-15(11)18/h2-6,9-10,17H,7-8H2,1H3. The van der Waals surface area contributed by atoms with Crippen LogP contribution in [0.15, 0.2) is 42.5 Å². The van der Waals surface area contributed by atoms with Crippen LogP contribution in [0, 0.1) is 10.1 Å². The third-order valence-electron chi connectivity index (χ3n) is 3.83. The van der Waals surface area contributed by atoms with Crippen molar-refractivity contribution in [3.05, 3.63) is 63.7 Å². The molecular formula is C16H15N3O5S. The number of benzene rings is 2. The molecule has 25 heavy (non-hydrogen) atoms. The van der Waals surface area contributed by atoms with E-state index in [0.717, 1.165) is 11.8 Å². The molecule has 0 saturated carbocycles. The Hall–Kier alpha value is -2.94. The van der Waals surface area contributed by atoms with Gasteiger partial charge in [-0.15, -0.1) is 0 Å². The van der Waals surface area contributed by atoms with Gasteiger partial charge in [-0.05, 0) is 30.2 Å². The van der Waals surface area contributed by atoms with Crippen molar-refractivity contribution in [2.24, 2.45) is 0 Å². The van der Waals surface area contributed by atoms with Crippen LogP contribution in [0.2, 0.25) is 0 Å². The Morgan fingerprint density at radius 3 is 2.68 bits per heavy atom. The smallest absolute Gasteiger partial charge is 0.271 e. The Bertz CT molecular complexity index is 971. The highest BCUT2D eigenvalue weighted by Gasteiger charge is 2.27. The van der Waals surface area contributed by atoms with E-state index in [-0.39, 0.29) is 17.3 Å². The van der Waals surface area contributed by atoms with Gasteiger partial charge in [-0.25, -0.2) is 8.42 Å². The molecule has 0 fully saturated rings. The number of nitro groups is 1. The Balaban J connectivity index is 1.92. The fourth-order valence-electron chi connectivity index (χ4n) is 2.78. The Morgan fingerprint density at radius 2 is 2.00 bits per heavy atom. The molecule has 0 aliphatic carbocycles. The molecule has 0 spiro atoms. The quantitative estimate of drug-likeness (QED) is 0.663. The van der Waals surface area contributed by atoms with Gasteiger partial charge in [0.15, 0.2) is 0 Å². The third kappa shape index (κ3) is 3.61. The van der Waals surface area contributed by atoms with Crippen molar-refractivity contribution in [1.29, 1.82) is 0 Å². The summed E-state index contributed by atoms with van der Waals surface area (Å²) in [6.45, 7) is 0.416. The van der Waals surface area contributed by atoms with E-state index in [0.29, 0.717) is 24.2 Å². The Labute approximate surface area is 144 Å². The topological polar surface area (TPSA) is 110 Å². The minimum absolute atomic E-state index is 0.0778. The SMILES string of the molecule is CS(=O)(=O)Nc1cccc(C(=O)N2CCc3ccc([N+](=O)[O-])cc32)c1. The number of amides is 1. The lowest BCUT2D eigenvalue weighted by Gasteiger charge is -2.17. The van der Waals surface area contributed by atoms with Gasteiger partial charge in [0.25, 0.3) is 11.6 Å². The van der Waals surface area contributed by atoms with Crippen molar-refractivity contribution in [2.45, 2.75) is 6.42 Å². The van der Waals surface area contributed by atoms with Gasteiger partial charge in [0, 0.05) is 29.9 Å². The van der Waals surface area contributed by atoms with Crippen LogP contribution in [0.25, 0.3) is 0 Å². The highest BCUT2D eigenvalue weighted by Crippen LogP contribution is 2.33. The van der Waals surface area contributed by atoms with Gasteiger partial charge in [0.2, 0.25) is 10.0 Å². The van der Waals surface area contributed by atoms with Gasteiger partial charge < -0.3 is 4.90 Å². The molecule has 130 valence electrons. The molecule has 1 aliphatic heterocycles. The van der Waals surface area contributed by atoms with Crippen molar-refractivity contribution in [1.82, 2.24) is 0 Å². The summed E-state index contributed by atoms with van der Waals surface area (Å²) in [5.41, 5.74) is 1.89. The van der Waals surface area contributed by atoms with Crippen molar-refractivity contribution in [3.63, 3.8) is 0 Å². The van der Waals surface area contributed by atoms with E-state index in [9.17, 15) is 23.3 Å². The van der Waals surface area contributed by atoms with Crippen LogP contribution in [0.5, 0.6) is 0 Å². The van der Waals surface area contributed by atoms with Crippen LogP contribution in [0.1, 0.15) is 15.9 Å². The summed E-state index contributed by atoms with van der Waals surface area (Å²) in [6.07, 6.45) is 1.64. The zero-order chi connectivity index (χ0) is 18.2. The minimum atomic E-state index is -3.45. The van der Waals surface area contributed by atoms with E-state index >= 15 is 0 Å². The summed E-state index contributed by atoms with van der Waals surface area (Å²) in [5.74, 6) is -0.337. The van der Waals surface area contributed by atoms with Gasteiger partial charge in [0.05, 0.1) is 16.9 Å². The van der Waals surface area contributed by atoms with E-state index in [1.807, 2.05) is 0 Å². The summed E-state index contributed by atoms with van der Waals surface area (Å²) >= 11 is 0. The van der Waals surface area contributed by atoms with Crippen LogP contribution >= 0.6 is 0 Å². The van der Waals surface area contributed by atoms with Crippen LogP contribution in [-0.4, -0.2) is 32.0 Å². The monoisotopic (exact) mass is 361 g/mol. The molecule has 0 aromatic heterocycles. The first-order valence-electron chi connectivity index (χ1n) is 7.41. The fourth-order valence-corrected chi connectivity index (χ4v) is 3.33. The first kappa shape index (κ1) is 16.9. The van der Waals surface area contributed by atoms with Gasteiger partial charge in [-0.3, -0.25) is 19.6 Å². The van der Waals surface area contributed by atoms with Crippen LogP contribution < -0.4 is 9.62 Å². The summed E-state index contributed by atoms with van der Waals surface area (Å²) < 4.78 is 25.0. The largest absolute Gasteiger partial charge is 0.307 e. The van der Waals surface area contributed by atoms with Crippen molar-refractivity contribution >= 4 is 33.0 Å². The number of carbonyl (C=O) groups excluding carboxylic acids is 1. The molecule has 0 saturated heterocycles. The lowest BCUT2D eigenvalue weighted by molar-refractivity contribution is -0.384. The van der Waals surface area contributed by atoms with Crippen molar-refractivity contribution in [3.8, 4) is 0 Å². The molecular weight excluding hydrogens is 346 g/mol. The van der Waals surface area contributed by atoms with E-state index in [1.54, 1.807) is 24.3 Å². The van der Waals surface area contributed by atoms with Crippen molar-refractivity contribution in [2.75, 3.05) is 22.4 Å². The fraction of sp³-hybridized carbons (Fsp3) is 0.188. The maximum atomic E-state index is 12.8. The van der Waals surface area contributed by atoms with Gasteiger partial charge >= 0.3 is 0 Å². The number of nitrogens with zero attached hydrogens (tertiary/aromatic N) is 2. The summed E-state index contributed by atoms with van der Waals surface area (Å²) in [4.78, 5) is 24.7. The van der Waals surface area contributed by atoms with E-state index < -0.39 is 14.9 Å². The molecule has 0 bridgehead atoms. The predicted molar refractivity (Wildman–Crippen MR) is 93.4 cm³/mol. The van der Waals surface area contributed by atoms with Gasteiger partial charge in [0.1, 0.15) is 0 Å². The third-order valence-corrected chi connectivity index (χ3v) is 4.44. The Morgan fingerprint density at radius 1 is 1.24 bits per heavy atom. The zero-order valence-corrected chi connectivity index (χ0v) is 14.1. The van der Waals surface area contributed by atoms with E-state index in [4.69, 9.17) is 0 Å². The second kappa shape index (κ2) is 6.17. The first-order valence-corrected chi connectivity index (χ1v) is 9.31. The highest BCUT2D eigenvalue weighted by atomic mass is 32.2. The second-order valence-corrected chi connectivity index (χ2v) is 7.48. The maximum Gasteiger partial charge on any atom is 0.271 e. The molecule has 1 aliphatic rings. The molecule has 9 heteroatoms. The van der Waals surface area contributed by atoms with Crippen molar-refractivity contribution < 1.29 is 18.1 Å². The molecule has 1 N–H and O–H groups in total. The van der Waals surface area contributed by atoms with E-state index in [2.05, 4.69) is 4.72 Å². The number of nitrogens with one attached hydrogen (secondary N) is 1. The molecule has 2 aromatic rings. The number of hydrogen-bond acceptors (Lipinski definition) is 5. The maximum absolute atomic E-state index is 12.8. The average Bonchev–Trinajstić information content (AvgIpc) is 2.95. The first-order chi connectivity index (χ1) is 11.7. The number of fused-ring (bicyclic) bond motifs is 1. The highest BCUT2D eigenvalue weighted by molar-refractivity contribution is 7.92. The second-order valence-electron chi connectivity index (χ2n) is 5.73. The number of nitro benzene ring substituents is 1. The number of carbonyl (C=O) groups is 1. The summed E-state index contributed by atoms with van der Waals surface area (Å²) in [5, 5.41) is 11.0. The molecule has 0 radical (unpaired) electrons. The Kier molecular flexibility index (Phi) is 4.17. The number of hydrogen-bond donors (Lipinski definition) is 1. The summed E-state index contributed by atoms with van der Waals surface area (Å²) in [6, 6.07) is 10.6. The van der Waals surface area contributed by atoms with Crippen LogP contribution in [0.3, 0.4) is 0 Å². The number of anilines is 2. The molecule has 3 rings (SSSR count). The lowest BCUT2D eigenvalue weighted by Crippen LogP contribution is -2.29. The molecule has 0 atom stereocenters. The summed E-state index contributed by atoms with van der Waals surface area (Å²) in [7, 11) is -3.45. The zero-order valence-electron chi connectivity index (χ0n) is 13.3. The predicted octanol–water partition coefficient (Wildman–Crippen LogP) is 2.17. The normalized spacial score (nSPS) is 13.4. The molecule has 0 unspecified atom stereocenters. The number of rotatable bonds is 4. The van der Waals surface area contributed by atoms with Gasteiger partial charge in [-0.2, -0.15) is 0 Å².